The molecule has 0 spiro atoms. The number of hydrogen-bond donors (Lipinski definition) is 0. The van der Waals surface area contributed by atoms with E-state index in [2.05, 4.69) is 203 Å². The van der Waals surface area contributed by atoms with Crippen LogP contribution in [0.4, 0.5) is 0 Å². The van der Waals surface area contributed by atoms with Crippen molar-refractivity contribution >= 4 is 17.9 Å². The van der Waals surface area contributed by atoms with Gasteiger partial charge in [0.15, 0.2) is 6.10 Å². The van der Waals surface area contributed by atoms with Crippen LogP contribution in [0.3, 0.4) is 0 Å². The van der Waals surface area contributed by atoms with Crippen LogP contribution in [0.25, 0.3) is 0 Å². The summed E-state index contributed by atoms with van der Waals surface area (Å²) in [5.74, 6) is -1.02. The lowest BCUT2D eigenvalue weighted by molar-refractivity contribution is -0.167. The van der Waals surface area contributed by atoms with Gasteiger partial charge in [0, 0.05) is 19.3 Å². The van der Waals surface area contributed by atoms with E-state index in [9.17, 15) is 14.4 Å². The van der Waals surface area contributed by atoms with Crippen molar-refractivity contribution in [2.75, 3.05) is 13.2 Å². The summed E-state index contributed by atoms with van der Waals surface area (Å²) in [6.07, 6.45) is 99.0. The molecule has 0 radical (unpaired) electrons. The third-order valence-corrected chi connectivity index (χ3v) is 12.6. The summed E-state index contributed by atoms with van der Waals surface area (Å²) in [7, 11) is 0. The highest BCUT2D eigenvalue weighted by Gasteiger charge is 2.19. The molecule has 0 N–H and O–H groups in total. The lowest BCUT2D eigenvalue weighted by atomic mass is 10.1. The van der Waals surface area contributed by atoms with Crippen molar-refractivity contribution in [3.05, 3.63) is 182 Å². The quantitative estimate of drug-likeness (QED) is 0.0261. The number of esters is 3. The number of carbonyl (C=O) groups is 3. The number of carbonyl (C=O) groups excluding carboxylic acids is 3. The van der Waals surface area contributed by atoms with Crippen LogP contribution in [0.2, 0.25) is 0 Å². The molecule has 0 amide bonds. The number of allylic oxidation sites excluding steroid dienone is 30. The van der Waals surface area contributed by atoms with Gasteiger partial charge in [0.1, 0.15) is 13.2 Å². The predicted octanol–water partition coefficient (Wildman–Crippen LogP) is 22.0. The lowest BCUT2D eigenvalue weighted by Gasteiger charge is -2.18. The van der Waals surface area contributed by atoms with Crippen molar-refractivity contribution in [1.29, 1.82) is 0 Å². The van der Waals surface area contributed by atoms with Gasteiger partial charge >= 0.3 is 17.9 Å². The first kappa shape index (κ1) is 74.5. The van der Waals surface area contributed by atoms with E-state index < -0.39 is 6.10 Å². The van der Waals surface area contributed by atoms with Crippen molar-refractivity contribution in [3.8, 4) is 0 Å². The lowest BCUT2D eigenvalue weighted by Crippen LogP contribution is -2.30. The maximum atomic E-state index is 12.9. The maximum absolute atomic E-state index is 12.9. The van der Waals surface area contributed by atoms with Gasteiger partial charge in [0.05, 0.1) is 0 Å². The van der Waals surface area contributed by atoms with Crippen LogP contribution in [0, 0.1) is 0 Å². The van der Waals surface area contributed by atoms with E-state index in [0.717, 1.165) is 167 Å². The van der Waals surface area contributed by atoms with Crippen LogP contribution in [-0.4, -0.2) is 37.2 Å². The first-order valence-electron chi connectivity index (χ1n) is 31.8. The minimum absolute atomic E-state index is 0.117. The van der Waals surface area contributed by atoms with Crippen LogP contribution in [-0.2, 0) is 28.6 Å². The van der Waals surface area contributed by atoms with Gasteiger partial charge in [-0.3, -0.25) is 14.4 Å². The number of rotatable bonds is 55. The third kappa shape index (κ3) is 63.3. The van der Waals surface area contributed by atoms with E-state index in [4.69, 9.17) is 14.2 Å². The minimum atomic E-state index is -0.827. The zero-order valence-electron chi connectivity index (χ0n) is 51.0. The van der Waals surface area contributed by atoms with Gasteiger partial charge in [-0.25, -0.2) is 0 Å². The molecule has 80 heavy (non-hydrogen) atoms. The Bertz CT molecular complexity index is 1890. The molecule has 0 aliphatic rings. The fourth-order valence-corrected chi connectivity index (χ4v) is 7.93. The molecule has 1 atom stereocenters. The maximum Gasteiger partial charge on any atom is 0.306 e. The SMILES string of the molecule is CC/C=C\C/C=C\C/C=C\C/C=C\C/C=C\C/C=C\C/C=C\C/C=C\C/C=C\CCCC(=O)OCC(COC(=O)CCCCCCC/C=C\CCCCC)OC(=O)CCCCCCC/C=C\C/C=C\C/C=C\C/C=C\C/C=C\CC. The first-order chi connectivity index (χ1) is 39.5. The van der Waals surface area contributed by atoms with E-state index in [1.165, 1.54) is 32.1 Å². The van der Waals surface area contributed by atoms with Crippen LogP contribution >= 0.6 is 0 Å². The minimum Gasteiger partial charge on any atom is -0.462 e. The second-order valence-corrected chi connectivity index (χ2v) is 20.2. The first-order valence-corrected chi connectivity index (χ1v) is 31.8. The van der Waals surface area contributed by atoms with E-state index in [1.54, 1.807) is 0 Å². The van der Waals surface area contributed by atoms with E-state index in [0.29, 0.717) is 12.8 Å². The summed E-state index contributed by atoms with van der Waals surface area (Å²) < 4.78 is 16.8. The average molecular weight is 1100 g/mol. The predicted molar refractivity (Wildman–Crippen MR) is 348 cm³/mol. The molecule has 0 fully saturated rings. The van der Waals surface area contributed by atoms with E-state index >= 15 is 0 Å². The monoisotopic (exact) mass is 1100 g/mol. The van der Waals surface area contributed by atoms with Gasteiger partial charge in [-0.2, -0.15) is 0 Å². The standard InChI is InChI=1S/C74H114O6/c1-4-7-10-13-16-19-22-25-27-29-31-33-34-35-36-37-38-39-40-42-43-45-47-49-52-55-58-61-64-67-73(76)79-70-71(69-78-72(75)66-63-60-57-54-51-24-21-18-15-12-9-6-3)80-74(77)68-65-62-59-56-53-50-48-46-44-41-32-30-28-26-23-20-17-14-11-8-5-2/h7-8,10-11,16-21,25-28,31-33,35-36,38-39,41-43,46-49,55,58,71H,4-6,9,12-15,22-24,29-30,34,37,40,44-45,50-54,56-57,59-70H2,1-3H3/b10-7-,11-8-,19-16-,20-17-,21-18-,27-25-,28-26-,33-31-,36-35-,39-38-,41-32-,43-42-,48-46-,49-47-,58-55-. The summed E-state index contributed by atoms with van der Waals surface area (Å²) in [6.45, 7) is 6.30. The Kier molecular flexibility index (Phi) is 61.5. The van der Waals surface area contributed by atoms with Crippen molar-refractivity contribution in [3.63, 3.8) is 0 Å². The second-order valence-electron chi connectivity index (χ2n) is 20.2. The van der Waals surface area contributed by atoms with E-state index in [1.807, 2.05) is 0 Å². The van der Waals surface area contributed by atoms with Gasteiger partial charge in [-0.15, -0.1) is 0 Å². The number of hydrogen-bond acceptors (Lipinski definition) is 6. The fraction of sp³-hybridized carbons (Fsp3) is 0.554. The van der Waals surface area contributed by atoms with Crippen LogP contribution < -0.4 is 0 Å². The Labute approximate surface area is 491 Å². The Morgan fingerprint density at radius 1 is 0.263 bits per heavy atom. The largest absolute Gasteiger partial charge is 0.462 e. The highest BCUT2D eigenvalue weighted by molar-refractivity contribution is 5.71. The molecule has 0 aromatic carbocycles. The summed E-state index contributed by atoms with van der Waals surface area (Å²) in [5.41, 5.74) is 0. The Hall–Kier alpha value is -5.49. The molecule has 6 heteroatoms. The molecule has 0 rings (SSSR count). The molecule has 1 unspecified atom stereocenters. The topological polar surface area (TPSA) is 78.9 Å². The summed E-state index contributed by atoms with van der Waals surface area (Å²) in [4.78, 5) is 38.3. The summed E-state index contributed by atoms with van der Waals surface area (Å²) >= 11 is 0. The second kappa shape index (κ2) is 66.0. The Balaban J connectivity index is 4.50. The highest BCUT2D eigenvalue weighted by Crippen LogP contribution is 2.13. The molecular weight excluding hydrogens is 985 g/mol. The molecule has 0 saturated carbocycles. The van der Waals surface area contributed by atoms with Gasteiger partial charge < -0.3 is 14.2 Å². The van der Waals surface area contributed by atoms with E-state index in [-0.39, 0.29) is 44.0 Å². The average Bonchev–Trinajstić information content (AvgIpc) is 3.46. The van der Waals surface area contributed by atoms with Gasteiger partial charge in [0.25, 0.3) is 0 Å². The smallest absolute Gasteiger partial charge is 0.306 e. The van der Waals surface area contributed by atoms with Crippen molar-refractivity contribution < 1.29 is 28.6 Å². The normalized spacial score (nSPS) is 13.4. The fourth-order valence-electron chi connectivity index (χ4n) is 7.93. The Morgan fingerprint density at radius 2 is 0.500 bits per heavy atom. The molecule has 0 heterocycles. The zero-order valence-corrected chi connectivity index (χ0v) is 51.0. The van der Waals surface area contributed by atoms with Gasteiger partial charge in [-0.05, 0) is 154 Å². The van der Waals surface area contributed by atoms with Crippen molar-refractivity contribution in [2.45, 2.75) is 252 Å². The molecule has 6 nitrogen and oxygen atoms in total. The zero-order chi connectivity index (χ0) is 57.8. The van der Waals surface area contributed by atoms with Crippen LogP contribution in [0.1, 0.15) is 245 Å². The number of ether oxygens (including phenoxy) is 3. The van der Waals surface area contributed by atoms with Gasteiger partial charge in [0.2, 0.25) is 0 Å². The Morgan fingerprint density at radius 3 is 0.825 bits per heavy atom. The molecule has 0 aliphatic heterocycles. The molecule has 0 saturated heterocycles. The van der Waals surface area contributed by atoms with Crippen LogP contribution in [0.5, 0.6) is 0 Å². The summed E-state index contributed by atoms with van der Waals surface area (Å²) in [5, 5.41) is 0. The third-order valence-electron chi connectivity index (χ3n) is 12.6. The van der Waals surface area contributed by atoms with Crippen molar-refractivity contribution in [1.82, 2.24) is 0 Å². The van der Waals surface area contributed by atoms with Crippen LogP contribution in [0.15, 0.2) is 182 Å². The van der Waals surface area contributed by atoms with Gasteiger partial charge in [-0.1, -0.05) is 254 Å². The summed E-state index contributed by atoms with van der Waals surface area (Å²) in [6, 6.07) is 0. The molecule has 0 aliphatic carbocycles. The molecule has 446 valence electrons. The molecule has 0 aromatic heterocycles. The van der Waals surface area contributed by atoms with Crippen molar-refractivity contribution in [2.24, 2.45) is 0 Å². The molecular formula is C74H114O6. The molecule has 0 bridgehead atoms. The number of unbranched alkanes of at least 4 members (excludes halogenated alkanes) is 14. The molecule has 0 aromatic rings. The highest BCUT2D eigenvalue weighted by atomic mass is 16.6.